The molecule has 0 aliphatic carbocycles. The number of hydrogen-bond donors (Lipinski definition) is 1. The fraction of sp³-hybridized carbons (Fsp3) is 0.391. The van der Waals surface area contributed by atoms with E-state index in [9.17, 15) is 0 Å². The number of halogens is 2. The van der Waals surface area contributed by atoms with E-state index in [1.54, 1.807) is 7.11 Å². The molecule has 2 aliphatic heterocycles. The summed E-state index contributed by atoms with van der Waals surface area (Å²) in [5.74, 6) is 1.81. The molecule has 2 fully saturated rings. The van der Waals surface area contributed by atoms with Gasteiger partial charge in [0.25, 0.3) is 0 Å². The molecule has 1 unspecified atom stereocenters. The summed E-state index contributed by atoms with van der Waals surface area (Å²) in [6.07, 6.45) is 1.16. The summed E-state index contributed by atoms with van der Waals surface area (Å²) in [7, 11) is 5.68. The third kappa shape index (κ3) is 4.36. The van der Waals surface area contributed by atoms with E-state index >= 15 is 0 Å². The number of aromatic nitrogens is 2. The van der Waals surface area contributed by atoms with E-state index in [4.69, 9.17) is 30.5 Å². The fourth-order valence-electron chi connectivity index (χ4n) is 4.28. The summed E-state index contributed by atoms with van der Waals surface area (Å²) < 4.78 is 24.8. The number of benzene rings is 2. The van der Waals surface area contributed by atoms with Crippen LogP contribution in [0.4, 0.5) is 11.5 Å². The highest BCUT2D eigenvalue weighted by Crippen LogP contribution is 2.38. The second kappa shape index (κ2) is 9.23. The van der Waals surface area contributed by atoms with Crippen molar-refractivity contribution in [1.82, 2.24) is 14.9 Å². The van der Waals surface area contributed by atoms with Gasteiger partial charge in [0.1, 0.15) is 24.4 Å². The molecular formula is C23H24BrClN4O4. The predicted molar refractivity (Wildman–Crippen MR) is 130 cm³/mol. The summed E-state index contributed by atoms with van der Waals surface area (Å²) >= 11 is 9.64. The van der Waals surface area contributed by atoms with E-state index in [2.05, 4.69) is 36.1 Å². The van der Waals surface area contributed by atoms with Gasteiger partial charge in [0.15, 0.2) is 17.6 Å². The summed E-state index contributed by atoms with van der Waals surface area (Å²) in [4.78, 5) is 11.0. The van der Waals surface area contributed by atoms with Gasteiger partial charge in [0.05, 0.1) is 36.9 Å². The first kappa shape index (κ1) is 22.6. The lowest BCUT2D eigenvalue weighted by Crippen LogP contribution is -2.41. The van der Waals surface area contributed by atoms with Crippen LogP contribution in [0.25, 0.3) is 10.9 Å². The number of nitrogens with zero attached hydrogens (tertiary/aromatic N) is 3. The van der Waals surface area contributed by atoms with Crippen LogP contribution in [0.1, 0.15) is 0 Å². The third-order valence-electron chi connectivity index (χ3n) is 6.03. The van der Waals surface area contributed by atoms with Gasteiger partial charge in [-0.2, -0.15) is 0 Å². The van der Waals surface area contributed by atoms with Gasteiger partial charge in [-0.05, 0) is 54.3 Å². The largest absolute Gasteiger partial charge is 0.493 e. The van der Waals surface area contributed by atoms with E-state index in [1.807, 2.05) is 44.4 Å². The van der Waals surface area contributed by atoms with E-state index in [-0.39, 0.29) is 24.4 Å². The normalized spacial score (nSPS) is 24.3. The smallest absolute Gasteiger partial charge is 0.164 e. The van der Waals surface area contributed by atoms with Crippen LogP contribution in [-0.4, -0.2) is 73.6 Å². The number of likely N-dealkylation sites (N-methyl/N-ethyl adjacent to an activating group) is 1. The van der Waals surface area contributed by atoms with E-state index in [0.717, 1.165) is 21.1 Å². The predicted octanol–water partition coefficient (Wildman–Crippen LogP) is 4.27. The number of methoxy groups -OCH3 is 1. The Bertz CT molecular complexity index is 1180. The van der Waals surface area contributed by atoms with Crippen LogP contribution in [0.2, 0.25) is 5.02 Å². The molecule has 174 valence electrons. The lowest BCUT2D eigenvalue weighted by Gasteiger charge is -2.22. The third-order valence-corrected chi connectivity index (χ3v) is 7.26. The zero-order chi connectivity index (χ0) is 23.1. The number of nitrogens with one attached hydrogen (secondary N) is 1. The monoisotopic (exact) mass is 534 g/mol. The number of ether oxygens (including phenoxy) is 4. The molecule has 2 aromatic carbocycles. The van der Waals surface area contributed by atoms with Crippen LogP contribution in [0, 0.1) is 0 Å². The molecule has 33 heavy (non-hydrogen) atoms. The van der Waals surface area contributed by atoms with Gasteiger partial charge < -0.3 is 29.2 Å². The van der Waals surface area contributed by atoms with Crippen LogP contribution < -0.4 is 14.8 Å². The molecule has 3 heterocycles. The molecule has 0 spiro atoms. The molecule has 4 atom stereocenters. The van der Waals surface area contributed by atoms with Crippen molar-refractivity contribution in [3.05, 3.63) is 46.2 Å². The van der Waals surface area contributed by atoms with Crippen LogP contribution in [-0.2, 0) is 9.47 Å². The fourth-order valence-corrected chi connectivity index (χ4v) is 4.70. The van der Waals surface area contributed by atoms with E-state index < -0.39 is 0 Å². The average molecular weight is 536 g/mol. The van der Waals surface area contributed by atoms with Crippen molar-refractivity contribution in [2.75, 3.05) is 39.7 Å². The average Bonchev–Trinajstić information content (AvgIpc) is 3.39. The lowest BCUT2D eigenvalue weighted by atomic mass is 10.1. The maximum atomic E-state index is 6.34. The van der Waals surface area contributed by atoms with Crippen molar-refractivity contribution >= 4 is 49.9 Å². The van der Waals surface area contributed by atoms with Crippen LogP contribution >= 0.6 is 27.5 Å². The molecule has 1 N–H and O–H groups in total. The Morgan fingerprint density at radius 2 is 1.91 bits per heavy atom. The summed E-state index contributed by atoms with van der Waals surface area (Å²) in [6, 6.07) is 9.57. The minimum absolute atomic E-state index is 0.00712. The van der Waals surface area contributed by atoms with Gasteiger partial charge in [0.2, 0.25) is 0 Å². The van der Waals surface area contributed by atoms with Crippen LogP contribution in [0.3, 0.4) is 0 Å². The Kier molecular flexibility index (Phi) is 6.32. The van der Waals surface area contributed by atoms with Crippen LogP contribution in [0.15, 0.2) is 41.1 Å². The molecule has 0 bridgehead atoms. The molecule has 5 rings (SSSR count). The first-order valence-corrected chi connectivity index (χ1v) is 11.7. The highest BCUT2D eigenvalue weighted by atomic mass is 79.9. The Hall–Kier alpha value is -2.17. The molecular weight excluding hydrogens is 512 g/mol. The van der Waals surface area contributed by atoms with Gasteiger partial charge in [-0.15, -0.1) is 0 Å². The van der Waals surface area contributed by atoms with Gasteiger partial charge in [-0.25, -0.2) is 9.97 Å². The van der Waals surface area contributed by atoms with Crippen molar-refractivity contribution in [2.24, 2.45) is 0 Å². The highest BCUT2D eigenvalue weighted by Gasteiger charge is 2.49. The Morgan fingerprint density at radius 1 is 1.09 bits per heavy atom. The summed E-state index contributed by atoms with van der Waals surface area (Å²) in [5.41, 5.74) is 1.53. The summed E-state index contributed by atoms with van der Waals surface area (Å²) in [5, 5.41) is 4.71. The lowest BCUT2D eigenvalue weighted by molar-refractivity contribution is 0.0271. The second-order valence-corrected chi connectivity index (χ2v) is 9.54. The molecule has 2 aliphatic rings. The molecule has 2 saturated heterocycles. The van der Waals surface area contributed by atoms with Crippen molar-refractivity contribution < 1.29 is 18.9 Å². The van der Waals surface area contributed by atoms with Gasteiger partial charge in [-0.3, -0.25) is 0 Å². The van der Waals surface area contributed by atoms with E-state index in [1.165, 1.54) is 6.33 Å². The van der Waals surface area contributed by atoms with Gasteiger partial charge in [-0.1, -0.05) is 11.6 Å². The maximum Gasteiger partial charge on any atom is 0.164 e. The Labute approximate surface area is 205 Å². The van der Waals surface area contributed by atoms with Crippen molar-refractivity contribution in [1.29, 1.82) is 0 Å². The van der Waals surface area contributed by atoms with Crippen molar-refractivity contribution in [2.45, 2.75) is 24.4 Å². The zero-order valence-electron chi connectivity index (χ0n) is 18.4. The van der Waals surface area contributed by atoms with Gasteiger partial charge >= 0.3 is 0 Å². The zero-order valence-corrected chi connectivity index (χ0v) is 20.8. The first-order valence-electron chi connectivity index (χ1n) is 10.6. The van der Waals surface area contributed by atoms with Crippen molar-refractivity contribution in [3.8, 4) is 11.5 Å². The quantitative estimate of drug-likeness (QED) is 0.501. The highest BCUT2D eigenvalue weighted by molar-refractivity contribution is 9.10. The molecule has 0 radical (unpaired) electrons. The van der Waals surface area contributed by atoms with E-state index in [0.29, 0.717) is 35.6 Å². The molecule has 10 heteroatoms. The van der Waals surface area contributed by atoms with Crippen LogP contribution in [0.5, 0.6) is 11.5 Å². The SMILES string of the molecule is COc1cc2c(Nc3ccc(Br)c(Cl)c3)ncnc2cc1O[C@@H]1CO[C@H]2C(N(C)C)CO[C@@H]12. The molecule has 0 amide bonds. The number of fused-ring (bicyclic) bond motifs is 2. The topological polar surface area (TPSA) is 78.0 Å². The molecule has 1 aromatic heterocycles. The van der Waals surface area contributed by atoms with Gasteiger partial charge in [0, 0.05) is 21.6 Å². The first-order chi connectivity index (χ1) is 15.9. The maximum absolute atomic E-state index is 6.34. The van der Waals surface area contributed by atoms with Crippen molar-refractivity contribution in [3.63, 3.8) is 0 Å². The standard InChI is InChI=1S/C23H24BrClN4O4/c1-29(2)17-9-31-22-20(10-32-21(17)22)33-19-8-16-13(7-18(19)30-3)23(27-11-26-16)28-12-4-5-14(24)15(25)6-12/h4-8,11,17,20-22H,9-10H2,1-3H3,(H,26,27,28)/t17?,20-,21+,22+/m1/s1. The molecule has 3 aromatic rings. The minimum Gasteiger partial charge on any atom is -0.493 e. The summed E-state index contributed by atoms with van der Waals surface area (Å²) in [6.45, 7) is 1.08. The molecule has 8 nitrogen and oxygen atoms in total. The number of anilines is 2. The molecule has 0 saturated carbocycles. The number of rotatable bonds is 6. The Balaban J connectivity index is 1.42. The Morgan fingerprint density at radius 3 is 2.67 bits per heavy atom. The second-order valence-electron chi connectivity index (χ2n) is 8.28. The minimum atomic E-state index is -0.226. The number of hydrogen-bond acceptors (Lipinski definition) is 8.